The monoisotopic (exact) mass is 366 g/mol. The smallest absolute Gasteiger partial charge is 0.253 e. The van der Waals surface area contributed by atoms with Gasteiger partial charge in [0.2, 0.25) is 5.91 Å². The lowest BCUT2D eigenvalue weighted by molar-refractivity contribution is -0.120. The largest absolute Gasteiger partial charge is 0.497 e. The molecule has 0 unspecified atom stereocenters. The molecule has 0 radical (unpaired) electrons. The van der Waals surface area contributed by atoms with Crippen molar-refractivity contribution in [3.8, 4) is 5.75 Å². The van der Waals surface area contributed by atoms with Gasteiger partial charge in [-0.15, -0.1) is 0 Å². The van der Waals surface area contributed by atoms with Crippen LogP contribution in [0.15, 0.2) is 48.5 Å². The lowest BCUT2D eigenvalue weighted by Gasteiger charge is -2.26. The van der Waals surface area contributed by atoms with Crippen molar-refractivity contribution in [1.29, 1.82) is 0 Å². The van der Waals surface area contributed by atoms with Gasteiger partial charge in [-0.2, -0.15) is 0 Å². The predicted octanol–water partition coefficient (Wildman–Crippen LogP) is 3.18. The molecule has 1 heterocycles. The summed E-state index contributed by atoms with van der Waals surface area (Å²) in [6, 6.07) is 15.0. The zero-order chi connectivity index (χ0) is 19.1. The van der Waals surface area contributed by atoms with E-state index in [0.717, 1.165) is 42.8 Å². The molecule has 0 bridgehead atoms. The van der Waals surface area contributed by atoms with Crippen molar-refractivity contribution < 1.29 is 14.3 Å². The standard InChI is InChI=1S/C22H26N2O3/c1-27-20-7-5-6-18(14-20)15-21(25)23-16-17-8-10-19(11-9-17)22(26)24-12-3-2-4-13-24/h5-11,14H,2-4,12-13,15-16H2,1H3,(H,23,25). The normalized spacial score (nSPS) is 13.9. The van der Waals surface area contributed by atoms with Crippen molar-refractivity contribution >= 4 is 11.8 Å². The molecule has 0 saturated carbocycles. The highest BCUT2D eigenvalue weighted by Gasteiger charge is 2.17. The zero-order valence-electron chi connectivity index (χ0n) is 15.7. The number of hydrogen-bond donors (Lipinski definition) is 1. The van der Waals surface area contributed by atoms with E-state index in [1.165, 1.54) is 6.42 Å². The molecule has 5 heteroatoms. The Kier molecular flexibility index (Phi) is 6.47. The van der Waals surface area contributed by atoms with E-state index < -0.39 is 0 Å². The Morgan fingerprint density at radius 2 is 1.74 bits per heavy atom. The van der Waals surface area contributed by atoms with Crippen LogP contribution < -0.4 is 10.1 Å². The average molecular weight is 366 g/mol. The molecule has 142 valence electrons. The Labute approximate surface area is 160 Å². The maximum Gasteiger partial charge on any atom is 0.253 e. The molecule has 1 fully saturated rings. The molecule has 0 spiro atoms. The molecule has 1 aliphatic rings. The Balaban J connectivity index is 1.50. The fourth-order valence-corrected chi connectivity index (χ4v) is 3.28. The average Bonchev–Trinajstić information content (AvgIpc) is 2.73. The van der Waals surface area contributed by atoms with Crippen LogP contribution in [0.4, 0.5) is 0 Å². The quantitative estimate of drug-likeness (QED) is 0.854. The van der Waals surface area contributed by atoms with E-state index in [-0.39, 0.29) is 11.8 Å². The number of nitrogens with zero attached hydrogens (tertiary/aromatic N) is 1. The predicted molar refractivity (Wildman–Crippen MR) is 105 cm³/mol. The first-order valence-electron chi connectivity index (χ1n) is 9.43. The molecule has 1 N–H and O–H groups in total. The number of carbonyl (C=O) groups excluding carboxylic acids is 2. The Morgan fingerprint density at radius 1 is 1.00 bits per heavy atom. The maximum atomic E-state index is 12.5. The molecule has 2 aromatic carbocycles. The molecule has 0 atom stereocenters. The van der Waals surface area contributed by atoms with Gasteiger partial charge in [0.1, 0.15) is 5.75 Å². The van der Waals surface area contributed by atoms with E-state index in [0.29, 0.717) is 18.5 Å². The summed E-state index contributed by atoms with van der Waals surface area (Å²) in [6.07, 6.45) is 3.69. The summed E-state index contributed by atoms with van der Waals surface area (Å²) in [6.45, 7) is 2.14. The van der Waals surface area contributed by atoms with Crippen molar-refractivity contribution in [1.82, 2.24) is 10.2 Å². The third-order valence-corrected chi connectivity index (χ3v) is 4.83. The van der Waals surface area contributed by atoms with Crippen LogP contribution in [0.1, 0.15) is 40.7 Å². The van der Waals surface area contributed by atoms with Gasteiger partial charge in [-0.05, 0) is 54.7 Å². The highest BCUT2D eigenvalue weighted by molar-refractivity contribution is 5.94. The molecule has 5 nitrogen and oxygen atoms in total. The Morgan fingerprint density at radius 3 is 2.44 bits per heavy atom. The topological polar surface area (TPSA) is 58.6 Å². The second-order valence-electron chi connectivity index (χ2n) is 6.85. The van der Waals surface area contributed by atoms with Gasteiger partial charge in [0.15, 0.2) is 0 Å². The van der Waals surface area contributed by atoms with Gasteiger partial charge in [-0.25, -0.2) is 0 Å². The van der Waals surface area contributed by atoms with E-state index in [1.807, 2.05) is 53.4 Å². The minimum Gasteiger partial charge on any atom is -0.497 e. The first-order valence-corrected chi connectivity index (χ1v) is 9.43. The van der Waals surface area contributed by atoms with Gasteiger partial charge < -0.3 is 15.0 Å². The van der Waals surface area contributed by atoms with Gasteiger partial charge in [0.05, 0.1) is 13.5 Å². The number of benzene rings is 2. The van der Waals surface area contributed by atoms with Crippen LogP contribution in [0.3, 0.4) is 0 Å². The van der Waals surface area contributed by atoms with Crippen LogP contribution in [0.2, 0.25) is 0 Å². The van der Waals surface area contributed by atoms with Crippen molar-refractivity contribution in [2.75, 3.05) is 20.2 Å². The summed E-state index contributed by atoms with van der Waals surface area (Å²) in [7, 11) is 1.61. The summed E-state index contributed by atoms with van der Waals surface area (Å²) in [5, 5.41) is 2.92. The number of hydrogen-bond acceptors (Lipinski definition) is 3. The molecular formula is C22H26N2O3. The Bertz CT molecular complexity index is 780. The fraction of sp³-hybridized carbons (Fsp3) is 0.364. The van der Waals surface area contributed by atoms with Crippen LogP contribution in [0.25, 0.3) is 0 Å². The first kappa shape index (κ1) is 19.0. The minimum atomic E-state index is -0.0447. The summed E-state index contributed by atoms with van der Waals surface area (Å²) >= 11 is 0. The molecule has 2 amide bonds. The zero-order valence-corrected chi connectivity index (χ0v) is 15.7. The van der Waals surface area contributed by atoms with Gasteiger partial charge in [-0.1, -0.05) is 24.3 Å². The fourth-order valence-electron chi connectivity index (χ4n) is 3.28. The molecule has 1 aliphatic heterocycles. The number of amides is 2. The van der Waals surface area contributed by atoms with E-state index in [4.69, 9.17) is 4.74 Å². The number of piperidine rings is 1. The number of carbonyl (C=O) groups is 2. The highest BCUT2D eigenvalue weighted by atomic mass is 16.5. The first-order chi connectivity index (χ1) is 13.2. The van der Waals surface area contributed by atoms with Crippen molar-refractivity contribution in [2.45, 2.75) is 32.2 Å². The second kappa shape index (κ2) is 9.21. The lowest BCUT2D eigenvalue weighted by atomic mass is 10.1. The minimum absolute atomic E-state index is 0.0447. The number of nitrogens with one attached hydrogen (secondary N) is 1. The molecular weight excluding hydrogens is 340 g/mol. The van der Waals surface area contributed by atoms with Crippen molar-refractivity contribution in [3.63, 3.8) is 0 Å². The second-order valence-corrected chi connectivity index (χ2v) is 6.85. The van der Waals surface area contributed by atoms with Gasteiger partial charge >= 0.3 is 0 Å². The van der Waals surface area contributed by atoms with Gasteiger partial charge in [-0.3, -0.25) is 9.59 Å². The molecule has 0 aliphatic carbocycles. The third-order valence-electron chi connectivity index (χ3n) is 4.83. The summed E-state index contributed by atoms with van der Waals surface area (Å²) in [4.78, 5) is 26.6. The van der Waals surface area contributed by atoms with Crippen LogP contribution in [0, 0.1) is 0 Å². The van der Waals surface area contributed by atoms with Gasteiger partial charge in [0, 0.05) is 25.2 Å². The summed E-state index contributed by atoms with van der Waals surface area (Å²) < 4.78 is 5.18. The van der Waals surface area contributed by atoms with Crippen LogP contribution in [-0.2, 0) is 17.8 Å². The number of rotatable bonds is 6. The Hall–Kier alpha value is -2.82. The molecule has 0 aromatic heterocycles. The summed E-state index contributed by atoms with van der Waals surface area (Å²) in [5.41, 5.74) is 2.60. The van der Waals surface area contributed by atoms with Crippen LogP contribution >= 0.6 is 0 Å². The summed E-state index contributed by atoms with van der Waals surface area (Å²) in [5.74, 6) is 0.800. The van der Waals surface area contributed by atoms with E-state index in [9.17, 15) is 9.59 Å². The van der Waals surface area contributed by atoms with E-state index in [1.54, 1.807) is 7.11 Å². The maximum absolute atomic E-state index is 12.5. The van der Waals surface area contributed by atoms with Crippen molar-refractivity contribution in [2.24, 2.45) is 0 Å². The van der Waals surface area contributed by atoms with E-state index in [2.05, 4.69) is 5.32 Å². The number of ether oxygens (including phenoxy) is 1. The molecule has 3 rings (SSSR count). The highest BCUT2D eigenvalue weighted by Crippen LogP contribution is 2.15. The lowest BCUT2D eigenvalue weighted by Crippen LogP contribution is -2.35. The van der Waals surface area contributed by atoms with E-state index >= 15 is 0 Å². The van der Waals surface area contributed by atoms with Crippen LogP contribution in [-0.4, -0.2) is 36.9 Å². The van der Waals surface area contributed by atoms with Crippen molar-refractivity contribution in [3.05, 3.63) is 65.2 Å². The molecule has 27 heavy (non-hydrogen) atoms. The molecule has 1 saturated heterocycles. The van der Waals surface area contributed by atoms with Gasteiger partial charge in [0.25, 0.3) is 5.91 Å². The van der Waals surface area contributed by atoms with Crippen LogP contribution in [0.5, 0.6) is 5.75 Å². The SMILES string of the molecule is COc1cccc(CC(=O)NCc2ccc(C(=O)N3CCCCC3)cc2)c1. The number of methoxy groups -OCH3 is 1. The molecule has 2 aromatic rings. The number of likely N-dealkylation sites (tertiary alicyclic amines) is 1. The third kappa shape index (κ3) is 5.33.